The van der Waals surface area contributed by atoms with Crippen molar-refractivity contribution in [3.05, 3.63) is 54.0 Å². The number of para-hydroxylation sites is 2. The summed E-state index contributed by atoms with van der Waals surface area (Å²) in [6.07, 6.45) is 3.42. The summed E-state index contributed by atoms with van der Waals surface area (Å²) in [5.74, 6) is 0.614. The number of carbonyl (C=O) groups excluding carboxylic acids is 1. The van der Waals surface area contributed by atoms with E-state index in [9.17, 15) is 4.79 Å². The first-order valence-electron chi connectivity index (χ1n) is 7.30. The molecule has 0 aliphatic rings. The van der Waals surface area contributed by atoms with Crippen LogP contribution in [-0.2, 0) is 0 Å². The molecule has 0 bridgehead atoms. The number of carbonyl (C=O) groups is 1. The van der Waals surface area contributed by atoms with Crippen molar-refractivity contribution < 1.29 is 9.53 Å². The number of rotatable bonds is 5. The fourth-order valence-electron chi connectivity index (χ4n) is 2.34. The lowest BCUT2D eigenvalue weighted by Gasteiger charge is -2.11. The number of hydrogen-bond acceptors (Lipinski definition) is 5. The number of hydrogen-bond donors (Lipinski definition) is 3. The van der Waals surface area contributed by atoms with Crippen molar-refractivity contribution in [2.24, 2.45) is 5.73 Å². The summed E-state index contributed by atoms with van der Waals surface area (Å²) in [5, 5.41) is 3.14. The third-order valence-corrected chi connectivity index (χ3v) is 3.55. The summed E-state index contributed by atoms with van der Waals surface area (Å²) >= 11 is 0. The van der Waals surface area contributed by atoms with Crippen molar-refractivity contribution >= 4 is 17.5 Å². The van der Waals surface area contributed by atoms with Gasteiger partial charge in [0.15, 0.2) is 0 Å². The highest BCUT2D eigenvalue weighted by Gasteiger charge is 2.12. The maximum absolute atomic E-state index is 11.2. The molecule has 0 aliphatic carbocycles. The Kier molecular flexibility index (Phi) is 4.15. The Morgan fingerprint density at radius 2 is 2.12 bits per heavy atom. The van der Waals surface area contributed by atoms with Crippen molar-refractivity contribution in [3.8, 4) is 17.0 Å². The minimum atomic E-state index is -0.514. The topological polar surface area (TPSA) is 106 Å². The normalized spacial score (nSPS) is 10.4. The Bertz CT molecular complexity index is 888. The third-order valence-electron chi connectivity index (χ3n) is 3.55. The highest BCUT2D eigenvalue weighted by Crippen LogP contribution is 2.27. The van der Waals surface area contributed by atoms with Gasteiger partial charge in [0.1, 0.15) is 11.4 Å². The zero-order chi connectivity index (χ0) is 17.1. The number of aromatic nitrogens is 3. The molecule has 0 radical (unpaired) electrons. The number of H-pyrrole nitrogens is 1. The van der Waals surface area contributed by atoms with E-state index in [-0.39, 0.29) is 0 Å². The molecule has 1 amide bonds. The van der Waals surface area contributed by atoms with Crippen molar-refractivity contribution in [1.82, 2.24) is 15.0 Å². The van der Waals surface area contributed by atoms with Gasteiger partial charge in [0.05, 0.1) is 18.5 Å². The quantitative estimate of drug-likeness (QED) is 0.669. The highest BCUT2D eigenvalue weighted by molar-refractivity contribution is 5.92. The average molecular weight is 323 g/mol. The van der Waals surface area contributed by atoms with Gasteiger partial charge in [-0.2, -0.15) is 0 Å². The van der Waals surface area contributed by atoms with Crippen molar-refractivity contribution in [1.29, 1.82) is 0 Å². The van der Waals surface area contributed by atoms with E-state index in [1.165, 1.54) is 0 Å². The fraction of sp³-hybridized carbons (Fsp3) is 0.118. The van der Waals surface area contributed by atoms with Crippen LogP contribution in [0.3, 0.4) is 0 Å². The monoisotopic (exact) mass is 323 g/mol. The average Bonchev–Trinajstić information content (AvgIpc) is 3.07. The van der Waals surface area contributed by atoms with Crippen molar-refractivity contribution in [2.45, 2.75) is 6.92 Å². The van der Waals surface area contributed by atoms with Gasteiger partial charge in [0.25, 0.3) is 5.91 Å². The Morgan fingerprint density at radius 1 is 1.33 bits per heavy atom. The molecule has 0 fully saturated rings. The molecule has 24 heavy (non-hydrogen) atoms. The minimum Gasteiger partial charge on any atom is -0.495 e. The van der Waals surface area contributed by atoms with E-state index in [0.29, 0.717) is 23.1 Å². The molecule has 2 aromatic heterocycles. The summed E-state index contributed by atoms with van der Waals surface area (Å²) in [5.41, 5.74) is 8.75. The molecule has 7 nitrogen and oxygen atoms in total. The second-order valence-corrected chi connectivity index (χ2v) is 5.22. The molecule has 3 rings (SSSR count). The predicted molar refractivity (Wildman–Crippen MR) is 91.4 cm³/mol. The Labute approximate surface area is 138 Å². The first-order chi connectivity index (χ1) is 11.6. The first kappa shape index (κ1) is 15.5. The van der Waals surface area contributed by atoms with Crippen LogP contribution in [0.25, 0.3) is 11.3 Å². The number of methoxy groups -OCH3 is 1. The lowest BCUT2D eigenvalue weighted by Crippen LogP contribution is -2.10. The minimum absolute atomic E-state index is 0.335. The van der Waals surface area contributed by atoms with Gasteiger partial charge in [0, 0.05) is 18.0 Å². The number of benzene rings is 1. The number of nitrogens with one attached hydrogen (secondary N) is 2. The van der Waals surface area contributed by atoms with E-state index in [4.69, 9.17) is 10.5 Å². The zero-order valence-corrected chi connectivity index (χ0v) is 13.3. The summed E-state index contributed by atoms with van der Waals surface area (Å²) in [7, 11) is 1.60. The molecule has 0 unspecified atom stereocenters. The van der Waals surface area contributed by atoms with Crippen LogP contribution in [0.15, 0.2) is 42.7 Å². The van der Waals surface area contributed by atoms with Crippen LogP contribution >= 0.6 is 0 Å². The molecule has 0 saturated carbocycles. The van der Waals surface area contributed by atoms with Gasteiger partial charge in [-0.05, 0) is 30.7 Å². The van der Waals surface area contributed by atoms with Crippen molar-refractivity contribution in [2.75, 3.05) is 12.4 Å². The fourth-order valence-corrected chi connectivity index (χ4v) is 2.34. The molecule has 2 heterocycles. The van der Waals surface area contributed by atoms with Gasteiger partial charge in [-0.1, -0.05) is 12.1 Å². The summed E-state index contributed by atoms with van der Waals surface area (Å²) < 4.78 is 5.31. The summed E-state index contributed by atoms with van der Waals surface area (Å²) in [6, 6.07) is 9.18. The predicted octanol–water partition coefficient (Wildman–Crippen LogP) is 2.63. The van der Waals surface area contributed by atoms with E-state index in [1.54, 1.807) is 25.6 Å². The molecule has 122 valence electrons. The van der Waals surface area contributed by atoms with E-state index in [2.05, 4.69) is 20.3 Å². The second-order valence-electron chi connectivity index (χ2n) is 5.22. The number of anilines is 2. The lowest BCUT2D eigenvalue weighted by atomic mass is 10.1. The van der Waals surface area contributed by atoms with Crippen LogP contribution in [-0.4, -0.2) is 28.0 Å². The van der Waals surface area contributed by atoms with Gasteiger partial charge < -0.3 is 20.8 Å². The van der Waals surface area contributed by atoms with Gasteiger partial charge in [-0.25, -0.2) is 9.97 Å². The van der Waals surface area contributed by atoms with Gasteiger partial charge in [-0.15, -0.1) is 0 Å². The second kappa shape index (κ2) is 6.41. The SMILES string of the molecule is COc1ccccc1Nc1ncc(C)c(-c2c[nH]c(C(N)=O)c2)n1. The molecule has 1 aromatic carbocycles. The maximum Gasteiger partial charge on any atom is 0.265 e. The number of ether oxygens (including phenoxy) is 1. The number of primary amides is 1. The number of amides is 1. The smallest absolute Gasteiger partial charge is 0.265 e. The Morgan fingerprint density at radius 3 is 2.83 bits per heavy atom. The molecule has 7 heteroatoms. The van der Waals surface area contributed by atoms with Crippen LogP contribution < -0.4 is 15.8 Å². The molecular weight excluding hydrogens is 306 g/mol. The van der Waals surface area contributed by atoms with E-state index >= 15 is 0 Å². The standard InChI is InChI=1S/C17H17N5O2/c1-10-8-20-17(21-12-5-3-4-6-14(12)24-2)22-15(10)11-7-13(16(18)23)19-9-11/h3-9,19H,1-2H3,(H2,18,23)(H,20,21,22). The summed E-state index contributed by atoms with van der Waals surface area (Å²) in [6.45, 7) is 1.90. The third kappa shape index (κ3) is 3.05. The highest BCUT2D eigenvalue weighted by atomic mass is 16.5. The largest absolute Gasteiger partial charge is 0.495 e. The van der Waals surface area contributed by atoms with E-state index < -0.39 is 5.91 Å². The molecular formula is C17H17N5O2. The van der Waals surface area contributed by atoms with E-state index in [1.807, 2.05) is 31.2 Å². The van der Waals surface area contributed by atoms with E-state index in [0.717, 1.165) is 16.8 Å². The Hall–Kier alpha value is -3.35. The zero-order valence-electron chi connectivity index (χ0n) is 13.3. The number of nitrogens with two attached hydrogens (primary N) is 1. The summed E-state index contributed by atoms with van der Waals surface area (Å²) in [4.78, 5) is 22.9. The molecule has 4 N–H and O–H groups in total. The van der Waals surface area contributed by atoms with Gasteiger partial charge in [0.2, 0.25) is 5.95 Å². The molecule has 0 atom stereocenters. The van der Waals surface area contributed by atoms with Crippen molar-refractivity contribution in [3.63, 3.8) is 0 Å². The number of aromatic amines is 1. The molecule has 0 saturated heterocycles. The lowest BCUT2D eigenvalue weighted by molar-refractivity contribution is 0.0996. The van der Waals surface area contributed by atoms with Crippen LogP contribution in [0, 0.1) is 6.92 Å². The molecule has 3 aromatic rings. The Balaban J connectivity index is 1.95. The van der Waals surface area contributed by atoms with Crippen LogP contribution in [0.2, 0.25) is 0 Å². The number of aryl methyl sites for hydroxylation is 1. The van der Waals surface area contributed by atoms with Gasteiger partial charge in [-0.3, -0.25) is 4.79 Å². The first-order valence-corrected chi connectivity index (χ1v) is 7.30. The molecule has 0 spiro atoms. The van der Waals surface area contributed by atoms with Crippen LogP contribution in [0.1, 0.15) is 16.1 Å². The number of nitrogens with zero attached hydrogens (tertiary/aromatic N) is 2. The van der Waals surface area contributed by atoms with Gasteiger partial charge >= 0.3 is 0 Å². The van der Waals surface area contributed by atoms with Crippen LogP contribution in [0.5, 0.6) is 5.75 Å². The maximum atomic E-state index is 11.2. The van der Waals surface area contributed by atoms with Crippen LogP contribution in [0.4, 0.5) is 11.6 Å². The molecule has 0 aliphatic heterocycles.